The van der Waals surface area contributed by atoms with Crippen molar-refractivity contribution < 1.29 is 180 Å². The van der Waals surface area contributed by atoms with Gasteiger partial charge in [-0.15, -0.1) is 0 Å². The molecule has 6 atom stereocenters. The Kier molecular flexibility index (Phi) is 17.6. The minimum Gasteiger partial charge on any atom is -0.790 e. The van der Waals surface area contributed by atoms with Crippen LogP contribution in [0.3, 0.4) is 0 Å². The number of phosphoric acid groups is 3. The Hall–Kier alpha value is 2.44. The maximum Gasteiger partial charge on any atom is 1.00 e. The van der Waals surface area contributed by atoms with E-state index in [0.717, 1.165) is 10.9 Å². The second-order valence-corrected chi connectivity index (χ2v) is 10.4. The van der Waals surface area contributed by atoms with Crippen molar-refractivity contribution in [2.75, 3.05) is 18.1 Å². The maximum atomic E-state index is 11.6. The molecular formula is C10H13N6Na4O13P3. The maximum absolute atomic E-state index is 11.6. The fraction of sp³-hybridized carbons (Fsp3) is 0.500. The van der Waals surface area contributed by atoms with E-state index < -0.39 is 54.6 Å². The van der Waals surface area contributed by atoms with Gasteiger partial charge in [0, 0.05) is 0 Å². The average molecular weight is 610 g/mol. The standard InChI is InChI=1S/C10H17N6O13P3.4Na/c11-7-4-8(15-10(12)14-7)13-2-16(4)9-6(18)5(17)3(27-9)1-26-31(22,23)29-32(24,25)28-30(19,20)21;;;;/h2-3,5-6,9,17-18H,1H2,(H,22,23)(H,24,25)(H2,19,20,21)(H4,11,12,14,15);;;;/q;4*+1/p-4/t3-,5-,6-,9-;;;;/m1..../s1. The minimum atomic E-state index is -6.15. The zero-order valence-corrected chi connectivity index (χ0v) is 29.9. The van der Waals surface area contributed by atoms with Crippen molar-refractivity contribution in [2.24, 2.45) is 0 Å². The summed E-state index contributed by atoms with van der Waals surface area (Å²) in [5.41, 5.74) is 11.3. The number of phosphoric ester groups is 1. The van der Waals surface area contributed by atoms with Crippen LogP contribution in [0.15, 0.2) is 6.33 Å². The van der Waals surface area contributed by atoms with Crippen molar-refractivity contribution in [2.45, 2.75) is 24.5 Å². The zero-order chi connectivity index (χ0) is 24.1. The topological polar surface area (TPSA) is 316 Å². The van der Waals surface area contributed by atoms with Crippen LogP contribution in [0.2, 0.25) is 0 Å². The fourth-order valence-electron chi connectivity index (χ4n) is 2.73. The second-order valence-electron chi connectivity index (χ2n) is 6.14. The number of imidazole rings is 1. The number of rotatable bonds is 8. The van der Waals surface area contributed by atoms with Gasteiger partial charge in [0.15, 0.2) is 17.7 Å². The van der Waals surface area contributed by atoms with E-state index in [4.69, 9.17) is 16.2 Å². The molecule has 26 heteroatoms. The summed E-state index contributed by atoms with van der Waals surface area (Å²) in [6.45, 7) is -1.10. The summed E-state index contributed by atoms with van der Waals surface area (Å²) in [5.74, 6) is -0.330. The van der Waals surface area contributed by atoms with E-state index in [1.54, 1.807) is 0 Å². The van der Waals surface area contributed by atoms with Gasteiger partial charge in [-0.1, -0.05) is 0 Å². The van der Waals surface area contributed by atoms with Crippen molar-refractivity contribution in [3.8, 4) is 0 Å². The molecule has 1 aliphatic rings. The molecule has 180 valence electrons. The van der Waals surface area contributed by atoms with E-state index in [0.29, 0.717) is 0 Å². The van der Waals surface area contributed by atoms with Gasteiger partial charge in [0.25, 0.3) is 15.6 Å². The van der Waals surface area contributed by atoms with Gasteiger partial charge < -0.3 is 55.1 Å². The van der Waals surface area contributed by atoms with E-state index in [1.807, 2.05) is 0 Å². The average Bonchev–Trinajstić information content (AvgIpc) is 3.12. The predicted octanol–water partition coefficient (Wildman–Crippen LogP) is -16.6. The van der Waals surface area contributed by atoms with Gasteiger partial charge in [-0.2, -0.15) is 9.97 Å². The van der Waals surface area contributed by atoms with Gasteiger partial charge in [-0.05, 0) is 0 Å². The third-order valence-electron chi connectivity index (χ3n) is 3.88. The monoisotopic (exact) mass is 610 g/mol. The first-order valence-electron chi connectivity index (χ1n) is 8.07. The number of aliphatic hydroxyl groups excluding tert-OH is 2. The van der Waals surface area contributed by atoms with Gasteiger partial charge in [0.1, 0.15) is 30.2 Å². The first-order chi connectivity index (χ1) is 14.6. The zero-order valence-electron chi connectivity index (χ0n) is 19.3. The van der Waals surface area contributed by atoms with Crippen LogP contribution in [0, 0.1) is 0 Å². The predicted molar refractivity (Wildman–Crippen MR) is 91.0 cm³/mol. The summed E-state index contributed by atoms with van der Waals surface area (Å²) in [6.07, 6.45) is -5.31. The molecule has 2 aromatic rings. The van der Waals surface area contributed by atoms with Gasteiger partial charge >= 0.3 is 118 Å². The molecule has 0 radical (unpaired) electrons. The molecule has 0 spiro atoms. The number of hydrogen-bond acceptors (Lipinski definition) is 18. The summed E-state index contributed by atoms with van der Waals surface area (Å²) in [4.78, 5) is 54.9. The normalized spacial score (nSPS) is 24.8. The van der Waals surface area contributed by atoms with Crippen LogP contribution in [-0.4, -0.2) is 54.7 Å². The summed E-state index contributed by atoms with van der Waals surface area (Å²) in [6, 6.07) is 0. The van der Waals surface area contributed by atoms with Crippen molar-refractivity contribution in [3.63, 3.8) is 0 Å². The Morgan fingerprint density at radius 2 is 1.56 bits per heavy atom. The fourth-order valence-corrected chi connectivity index (χ4v) is 5.59. The number of anilines is 2. The summed E-state index contributed by atoms with van der Waals surface area (Å²) >= 11 is 0. The van der Waals surface area contributed by atoms with E-state index in [1.165, 1.54) is 0 Å². The van der Waals surface area contributed by atoms with Crippen LogP contribution in [-0.2, 0) is 31.6 Å². The molecule has 1 aliphatic heterocycles. The molecule has 3 rings (SSSR count). The number of aliphatic hydroxyl groups is 2. The number of aromatic nitrogens is 4. The molecule has 2 aromatic heterocycles. The van der Waals surface area contributed by atoms with Crippen LogP contribution < -0.4 is 149 Å². The molecule has 0 bridgehead atoms. The van der Waals surface area contributed by atoms with Gasteiger partial charge in [-0.25, -0.2) is 9.29 Å². The van der Waals surface area contributed by atoms with Crippen LogP contribution in [0.25, 0.3) is 11.2 Å². The molecule has 19 nitrogen and oxygen atoms in total. The quantitative estimate of drug-likeness (QED) is 0.159. The Morgan fingerprint density at radius 3 is 2.11 bits per heavy atom. The molecule has 1 saturated heterocycles. The molecule has 0 aromatic carbocycles. The third-order valence-corrected chi connectivity index (χ3v) is 7.55. The molecule has 3 heterocycles. The van der Waals surface area contributed by atoms with Gasteiger partial charge in [0.05, 0.1) is 14.4 Å². The van der Waals surface area contributed by atoms with Crippen molar-refractivity contribution >= 4 is 46.4 Å². The van der Waals surface area contributed by atoms with Crippen LogP contribution in [0.4, 0.5) is 11.8 Å². The van der Waals surface area contributed by atoms with Gasteiger partial charge in [-0.3, -0.25) is 18.0 Å². The molecule has 2 unspecified atom stereocenters. The van der Waals surface area contributed by atoms with Crippen molar-refractivity contribution in [1.82, 2.24) is 19.5 Å². The van der Waals surface area contributed by atoms with E-state index in [-0.39, 0.29) is 141 Å². The number of fused-ring (bicyclic) bond motifs is 1. The Labute approximate surface area is 290 Å². The number of nitrogens with zero attached hydrogens (tertiary/aromatic N) is 4. The number of nitrogens with two attached hydrogens (primary N) is 2. The Bertz CT molecular complexity index is 1170. The van der Waals surface area contributed by atoms with Crippen LogP contribution in [0.5, 0.6) is 0 Å². The van der Waals surface area contributed by atoms with E-state index >= 15 is 0 Å². The third kappa shape index (κ3) is 10.7. The SMILES string of the molecule is Nc1nc(N)c2c(ncn2[C@@H]2O[C@H](COP(=O)([O-])OP(=O)([O-])OP(=O)([O-])[O-])[C@@H](O)[C@H]2O)n1.[Na+].[Na+].[Na+].[Na+]. The summed E-state index contributed by atoms with van der Waals surface area (Å²) in [5, 5.41) is 20.4. The van der Waals surface area contributed by atoms with Crippen LogP contribution in [0.1, 0.15) is 6.23 Å². The van der Waals surface area contributed by atoms with E-state index in [2.05, 4.69) is 28.1 Å². The molecule has 36 heavy (non-hydrogen) atoms. The van der Waals surface area contributed by atoms with Gasteiger partial charge in [0.2, 0.25) is 5.95 Å². The Balaban J connectivity index is 0. The first kappa shape index (κ1) is 40.6. The summed E-state index contributed by atoms with van der Waals surface area (Å²) in [7, 11) is -18.1. The van der Waals surface area contributed by atoms with Crippen molar-refractivity contribution in [1.29, 1.82) is 0 Å². The molecule has 0 aliphatic carbocycles. The second kappa shape index (κ2) is 15.6. The molecule has 0 saturated carbocycles. The molecule has 6 N–H and O–H groups in total. The largest absolute Gasteiger partial charge is 1.00 e. The first-order valence-corrected chi connectivity index (χ1v) is 12.5. The van der Waals surface area contributed by atoms with Crippen molar-refractivity contribution in [3.05, 3.63) is 6.33 Å². The van der Waals surface area contributed by atoms with Crippen LogP contribution >= 0.6 is 23.5 Å². The minimum absolute atomic E-state index is 0. The molecule has 0 amide bonds. The number of nitrogen functional groups attached to an aromatic ring is 2. The smallest absolute Gasteiger partial charge is 0.790 e. The Morgan fingerprint density at radius 1 is 0.972 bits per heavy atom. The molecular weight excluding hydrogens is 597 g/mol. The van der Waals surface area contributed by atoms with E-state index in [9.17, 15) is 43.5 Å². The number of hydrogen-bond donors (Lipinski definition) is 4. The summed E-state index contributed by atoms with van der Waals surface area (Å²) < 4.78 is 50.2. The molecule has 1 fully saturated rings. The number of ether oxygens (including phenoxy) is 1.